The van der Waals surface area contributed by atoms with Gasteiger partial charge in [-0.1, -0.05) is 19.1 Å². The van der Waals surface area contributed by atoms with E-state index in [-0.39, 0.29) is 5.78 Å². The number of benzene rings is 1. The molecule has 0 N–H and O–H groups in total. The summed E-state index contributed by atoms with van der Waals surface area (Å²) >= 11 is 0. The minimum absolute atomic E-state index is 0.0455. The van der Waals surface area contributed by atoms with Crippen molar-refractivity contribution in [1.29, 1.82) is 0 Å². The van der Waals surface area contributed by atoms with E-state index < -0.39 is 0 Å². The molecule has 4 nitrogen and oxygen atoms in total. The standard InChI is InChI=1S/C15H22O4/c1-3-9-19-15-7-5-4-6-13(15)14(16)8-10-18-12-11-17-2/h4-7H,3,8-12H2,1-2H3. The number of hydrogen-bond acceptors (Lipinski definition) is 4. The summed E-state index contributed by atoms with van der Waals surface area (Å²) in [5.41, 5.74) is 0.631. The minimum atomic E-state index is 0.0455. The Morgan fingerprint density at radius 1 is 1.11 bits per heavy atom. The summed E-state index contributed by atoms with van der Waals surface area (Å²) in [6, 6.07) is 7.34. The second kappa shape index (κ2) is 9.53. The normalized spacial score (nSPS) is 10.4. The summed E-state index contributed by atoms with van der Waals surface area (Å²) in [7, 11) is 1.62. The van der Waals surface area contributed by atoms with Crippen molar-refractivity contribution in [3.05, 3.63) is 29.8 Å². The highest BCUT2D eigenvalue weighted by Crippen LogP contribution is 2.19. The first-order chi connectivity index (χ1) is 9.29. The van der Waals surface area contributed by atoms with Gasteiger partial charge in [-0.2, -0.15) is 0 Å². The first-order valence-corrected chi connectivity index (χ1v) is 6.61. The number of ketones is 1. The fourth-order valence-corrected chi connectivity index (χ4v) is 1.58. The van der Waals surface area contributed by atoms with Crippen LogP contribution in [0.3, 0.4) is 0 Å². The van der Waals surface area contributed by atoms with E-state index in [1.165, 1.54) is 0 Å². The lowest BCUT2D eigenvalue weighted by atomic mass is 10.1. The zero-order valence-corrected chi connectivity index (χ0v) is 11.7. The number of carbonyl (C=O) groups is 1. The van der Waals surface area contributed by atoms with Crippen LogP contribution in [0, 0.1) is 0 Å². The Hall–Kier alpha value is -1.39. The third-order valence-corrected chi connectivity index (χ3v) is 2.55. The molecule has 0 spiro atoms. The first-order valence-electron chi connectivity index (χ1n) is 6.61. The molecular formula is C15H22O4. The predicted octanol–water partition coefficient (Wildman–Crippen LogP) is 2.71. The average molecular weight is 266 g/mol. The van der Waals surface area contributed by atoms with E-state index in [9.17, 15) is 4.79 Å². The molecule has 0 atom stereocenters. The summed E-state index contributed by atoms with van der Waals surface area (Å²) in [6.07, 6.45) is 1.28. The Morgan fingerprint density at radius 2 is 1.89 bits per heavy atom. The van der Waals surface area contributed by atoms with E-state index in [1.54, 1.807) is 13.2 Å². The van der Waals surface area contributed by atoms with Gasteiger partial charge in [0.05, 0.1) is 32.0 Å². The molecule has 1 rings (SSSR count). The van der Waals surface area contributed by atoms with Crippen LogP contribution >= 0.6 is 0 Å². The molecule has 0 aliphatic rings. The zero-order valence-electron chi connectivity index (χ0n) is 11.7. The molecule has 0 heterocycles. The van der Waals surface area contributed by atoms with Gasteiger partial charge in [-0.15, -0.1) is 0 Å². The number of carbonyl (C=O) groups excluding carboxylic acids is 1. The lowest BCUT2D eigenvalue weighted by Gasteiger charge is -2.10. The first kappa shape index (κ1) is 15.7. The number of rotatable bonds is 10. The molecule has 0 bridgehead atoms. The summed E-state index contributed by atoms with van der Waals surface area (Å²) in [4.78, 5) is 12.1. The smallest absolute Gasteiger partial charge is 0.168 e. The van der Waals surface area contributed by atoms with Gasteiger partial charge in [0, 0.05) is 13.5 Å². The summed E-state index contributed by atoms with van der Waals surface area (Å²) < 4.78 is 15.7. The maximum atomic E-state index is 12.1. The van der Waals surface area contributed by atoms with Crippen LogP contribution in [0.1, 0.15) is 30.1 Å². The molecule has 0 aliphatic heterocycles. The molecule has 1 aromatic carbocycles. The molecule has 106 valence electrons. The Balaban J connectivity index is 2.46. The lowest BCUT2D eigenvalue weighted by Crippen LogP contribution is -2.09. The van der Waals surface area contributed by atoms with Crippen LogP contribution in [0.2, 0.25) is 0 Å². The zero-order chi connectivity index (χ0) is 13.9. The molecule has 0 saturated carbocycles. The van der Waals surface area contributed by atoms with Crippen molar-refractivity contribution < 1.29 is 19.0 Å². The average Bonchev–Trinajstić information content (AvgIpc) is 2.45. The number of ether oxygens (including phenoxy) is 3. The van der Waals surface area contributed by atoms with Crippen molar-refractivity contribution >= 4 is 5.78 Å². The minimum Gasteiger partial charge on any atom is -0.493 e. The molecule has 0 fully saturated rings. The van der Waals surface area contributed by atoms with Crippen LogP contribution in [0.4, 0.5) is 0 Å². The molecule has 0 radical (unpaired) electrons. The maximum absolute atomic E-state index is 12.1. The fourth-order valence-electron chi connectivity index (χ4n) is 1.58. The Labute approximate surface area is 114 Å². The quantitative estimate of drug-likeness (QED) is 0.482. The topological polar surface area (TPSA) is 44.8 Å². The van der Waals surface area contributed by atoms with Gasteiger partial charge in [0.1, 0.15) is 5.75 Å². The van der Waals surface area contributed by atoms with Gasteiger partial charge in [-0.05, 0) is 18.6 Å². The van der Waals surface area contributed by atoms with Crippen molar-refractivity contribution in [3.8, 4) is 5.75 Å². The van der Waals surface area contributed by atoms with Crippen LogP contribution < -0.4 is 4.74 Å². The molecule has 0 aliphatic carbocycles. The van der Waals surface area contributed by atoms with Crippen molar-refractivity contribution in [1.82, 2.24) is 0 Å². The maximum Gasteiger partial charge on any atom is 0.168 e. The van der Waals surface area contributed by atoms with Crippen LogP contribution in [-0.2, 0) is 9.47 Å². The van der Waals surface area contributed by atoms with E-state index >= 15 is 0 Å². The second-order valence-electron chi connectivity index (χ2n) is 4.12. The van der Waals surface area contributed by atoms with Crippen LogP contribution in [0.5, 0.6) is 5.75 Å². The van der Waals surface area contributed by atoms with E-state index in [0.29, 0.717) is 44.2 Å². The van der Waals surface area contributed by atoms with Gasteiger partial charge in [0.15, 0.2) is 5.78 Å². The molecule has 0 unspecified atom stereocenters. The third-order valence-electron chi connectivity index (χ3n) is 2.55. The summed E-state index contributed by atoms with van der Waals surface area (Å²) in [5, 5.41) is 0. The largest absolute Gasteiger partial charge is 0.493 e. The third kappa shape index (κ3) is 5.85. The van der Waals surface area contributed by atoms with E-state index in [0.717, 1.165) is 6.42 Å². The van der Waals surface area contributed by atoms with Crippen LogP contribution in [0.25, 0.3) is 0 Å². The predicted molar refractivity (Wildman–Crippen MR) is 73.9 cm³/mol. The van der Waals surface area contributed by atoms with E-state index in [1.807, 2.05) is 25.1 Å². The monoisotopic (exact) mass is 266 g/mol. The molecule has 0 amide bonds. The Bertz CT molecular complexity index is 376. The molecular weight excluding hydrogens is 244 g/mol. The highest BCUT2D eigenvalue weighted by Gasteiger charge is 2.11. The molecule has 0 aromatic heterocycles. The number of methoxy groups -OCH3 is 1. The number of hydrogen-bond donors (Lipinski definition) is 0. The van der Waals surface area contributed by atoms with Crippen molar-refractivity contribution in [2.45, 2.75) is 19.8 Å². The van der Waals surface area contributed by atoms with Gasteiger partial charge in [0.25, 0.3) is 0 Å². The van der Waals surface area contributed by atoms with Crippen molar-refractivity contribution in [2.24, 2.45) is 0 Å². The SMILES string of the molecule is CCCOc1ccccc1C(=O)CCOCCOC. The number of para-hydroxylation sites is 1. The lowest BCUT2D eigenvalue weighted by molar-refractivity contribution is 0.0640. The Morgan fingerprint density at radius 3 is 2.63 bits per heavy atom. The van der Waals surface area contributed by atoms with Gasteiger partial charge < -0.3 is 14.2 Å². The summed E-state index contributed by atoms with van der Waals surface area (Å²) in [5.74, 6) is 0.704. The van der Waals surface area contributed by atoms with E-state index in [2.05, 4.69) is 0 Å². The Kier molecular flexibility index (Phi) is 7.86. The highest BCUT2D eigenvalue weighted by atomic mass is 16.5. The van der Waals surface area contributed by atoms with Gasteiger partial charge in [0.2, 0.25) is 0 Å². The molecule has 4 heteroatoms. The van der Waals surface area contributed by atoms with Gasteiger partial charge >= 0.3 is 0 Å². The second-order valence-corrected chi connectivity index (χ2v) is 4.12. The fraction of sp³-hybridized carbons (Fsp3) is 0.533. The van der Waals surface area contributed by atoms with Crippen LogP contribution in [-0.4, -0.2) is 39.3 Å². The van der Waals surface area contributed by atoms with Crippen molar-refractivity contribution in [2.75, 3.05) is 33.5 Å². The van der Waals surface area contributed by atoms with Crippen LogP contribution in [0.15, 0.2) is 24.3 Å². The highest BCUT2D eigenvalue weighted by molar-refractivity contribution is 5.98. The molecule has 19 heavy (non-hydrogen) atoms. The number of Topliss-reactive ketones (excluding diaryl/α,β-unsaturated/α-hetero) is 1. The van der Waals surface area contributed by atoms with E-state index in [4.69, 9.17) is 14.2 Å². The van der Waals surface area contributed by atoms with Gasteiger partial charge in [-0.25, -0.2) is 0 Å². The van der Waals surface area contributed by atoms with Gasteiger partial charge in [-0.3, -0.25) is 4.79 Å². The molecule has 1 aromatic rings. The van der Waals surface area contributed by atoms with Crippen molar-refractivity contribution in [3.63, 3.8) is 0 Å². The summed E-state index contributed by atoms with van der Waals surface area (Å²) in [6.45, 7) is 4.12. The molecule has 0 saturated heterocycles.